The first kappa shape index (κ1) is 13.6. The Morgan fingerprint density at radius 3 is 2.18 bits per heavy atom. The zero-order valence-corrected chi connectivity index (χ0v) is 10.6. The summed E-state index contributed by atoms with van der Waals surface area (Å²) >= 11 is 0. The third-order valence-electron chi connectivity index (χ3n) is 1.91. The molecule has 0 aliphatic rings. The predicted octanol–water partition coefficient (Wildman–Crippen LogP) is 0.399. The highest BCUT2D eigenvalue weighted by Crippen LogP contribution is 2.13. The fourth-order valence-electron chi connectivity index (χ4n) is 1.13. The Bertz CT molecular complexity index is 653. The van der Waals surface area contributed by atoms with E-state index in [-0.39, 0.29) is 10.4 Å². The van der Waals surface area contributed by atoms with Crippen LogP contribution in [0.1, 0.15) is 5.56 Å². The Hall–Kier alpha value is -1.50. The quantitative estimate of drug-likeness (QED) is 0.343. The van der Waals surface area contributed by atoms with Crippen LogP contribution < -0.4 is 0 Å². The Kier molecular flexibility index (Phi) is 3.82. The topological polar surface area (TPSA) is 105 Å². The highest BCUT2D eigenvalue weighted by molar-refractivity contribution is 8.15. The van der Waals surface area contributed by atoms with Crippen molar-refractivity contribution in [2.24, 2.45) is 0 Å². The van der Waals surface area contributed by atoms with Crippen molar-refractivity contribution in [2.45, 2.75) is 11.8 Å². The molecule has 0 aromatic heterocycles. The summed E-state index contributed by atoms with van der Waals surface area (Å²) in [5.41, 5.74) is 9.17. The van der Waals surface area contributed by atoms with Gasteiger partial charge in [-0.3, -0.25) is 0 Å². The smallest absolute Gasteiger partial charge is 0.361 e. The summed E-state index contributed by atoms with van der Waals surface area (Å²) < 4.78 is 45.8. The monoisotopic (exact) mass is 274 g/mol. The fraction of sp³-hybridized carbons (Fsp3) is 0.222. The van der Waals surface area contributed by atoms with Gasteiger partial charge in [-0.15, -0.1) is 0 Å². The van der Waals surface area contributed by atoms with Crippen LogP contribution in [0.5, 0.6) is 0 Å². The lowest BCUT2D eigenvalue weighted by Crippen LogP contribution is -2.17. The summed E-state index contributed by atoms with van der Waals surface area (Å²) in [5, 5.41) is -1.12. The molecule has 0 bridgehead atoms. The molecule has 6 nitrogen and oxygen atoms in total. The maximum Gasteiger partial charge on any atom is 0.371 e. The van der Waals surface area contributed by atoms with Crippen LogP contribution >= 0.6 is 0 Å². The molecule has 0 heterocycles. The second kappa shape index (κ2) is 4.79. The zero-order valence-electron chi connectivity index (χ0n) is 8.94. The van der Waals surface area contributed by atoms with Gasteiger partial charge >= 0.3 is 5.55 Å². The Balaban J connectivity index is 3.14. The molecule has 0 aliphatic carbocycles. The van der Waals surface area contributed by atoms with E-state index in [9.17, 15) is 16.8 Å². The number of hydrogen-bond acceptors (Lipinski definition) is 4. The predicted molar refractivity (Wildman–Crippen MR) is 61.8 cm³/mol. The van der Waals surface area contributed by atoms with Crippen molar-refractivity contribution < 1.29 is 21.6 Å². The fourth-order valence-corrected chi connectivity index (χ4v) is 4.34. The summed E-state index contributed by atoms with van der Waals surface area (Å²) in [6, 6.07) is 5.80. The molecule has 0 atom stereocenters. The summed E-state index contributed by atoms with van der Waals surface area (Å²) in [7, 11) is -8.02. The van der Waals surface area contributed by atoms with Gasteiger partial charge < -0.3 is 5.53 Å². The van der Waals surface area contributed by atoms with Crippen molar-refractivity contribution in [1.82, 2.24) is 0 Å². The molecule has 0 amide bonds. The van der Waals surface area contributed by atoms with Crippen molar-refractivity contribution >= 4 is 25.2 Å². The minimum atomic E-state index is -4.08. The van der Waals surface area contributed by atoms with Crippen molar-refractivity contribution in [1.29, 1.82) is 0 Å². The molecule has 0 saturated carbocycles. The van der Waals surface area contributed by atoms with Gasteiger partial charge in [0, 0.05) is 0 Å². The molecular formula is C9H10N2O4S2. The van der Waals surface area contributed by atoms with E-state index >= 15 is 0 Å². The van der Waals surface area contributed by atoms with Gasteiger partial charge in [-0.2, -0.15) is 4.79 Å². The van der Waals surface area contributed by atoms with Gasteiger partial charge in [0.25, 0.3) is 9.84 Å². The SMILES string of the molecule is Cc1ccc(S(=O)(=O)CS(=O)(=O)C=[N+]=[N-])cc1. The first-order chi connectivity index (χ1) is 7.77. The first-order valence-electron chi connectivity index (χ1n) is 4.46. The third-order valence-corrected chi connectivity index (χ3v) is 5.87. The normalized spacial score (nSPS) is 11.8. The lowest BCUT2D eigenvalue weighted by Gasteiger charge is -2.01. The molecule has 8 heteroatoms. The van der Waals surface area contributed by atoms with Gasteiger partial charge in [-0.25, -0.2) is 16.8 Å². The minimum Gasteiger partial charge on any atom is -0.361 e. The number of nitrogens with zero attached hydrogens (tertiary/aromatic N) is 2. The van der Waals surface area contributed by atoms with Gasteiger partial charge in [-0.1, -0.05) is 17.7 Å². The van der Waals surface area contributed by atoms with E-state index in [1.54, 1.807) is 19.1 Å². The van der Waals surface area contributed by atoms with E-state index < -0.39 is 24.8 Å². The molecule has 1 aromatic carbocycles. The summed E-state index contributed by atoms with van der Waals surface area (Å²) in [6.07, 6.45) is 0. The maximum absolute atomic E-state index is 11.7. The molecule has 0 unspecified atom stereocenters. The molecule has 0 radical (unpaired) electrons. The second-order valence-corrected chi connectivity index (χ2v) is 7.61. The lowest BCUT2D eigenvalue weighted by molar-refractivity contribution is 0.00757. The highest BCUT2D eigenvalue weighted by Gasteiger charge is 2.25. The Morgan fingerprint density at radius 1 is 1.18 bits per heavy atom. The molecule has 0 aliphatic heterocycles. The molecule has 0 N–H and O–H groups in total. The number of rotatable bonds is 4. The van der Waals surface area contributed by atoms with Crippen LogP contribution in [0.3, 0.4) is 0 Å². The maximum atomic E-state index is 11.7. The molecule has 0 fully saturated rings. The summed E-state index contributed by atoms with van der Waals surface area (Å²) in [4.78, 5) is 2.24. The van der Waals surface area contributed by atoms with Crippen LogP contribution in [0.2, 0.25) is 0 Å². The number of aryl methyl sites for hydroxylation is 1. The van der Waals surface area contributed by atoms with E-state index in [2.05, 4.69) is 4.79 Å². The van der Waals surface area contributed by atoms with Crippen LogP contribution in [-0.4, -0.2) is 32.3 Å². The number of sulfone groups is 2. The second-order valence-electron chi connectivity index (χ2n) is 3.43. The number of hydrogen-bond donors (Lipinski definition) is 0. The first-order valence-corrected chi connectivity index (χ1v) is 7.83. The van der Waals surface area contributed by atoms with Crippen LogP contribution in [-0.2, 0) is 19.7 Å². The van der Waals surface area contributed by atoms with Crippen LogP contribution in [0.4, 0.5) is 0 Å². The highest BCUT2D eigenvalue weighted by atomic mass is 32.3. The summed E-state index contributed by atoms with van der Waals surface area (Å²) in [6.45, 7) is 1.78. The zero-order chi connectivity index (χ0) is 13.1. The van der Waals surface area contributed by atoms with Gasteiger partial charge in [0.1, 0.15) is 0 Å². The standard InChI is InChI=1S/C9H10N2O4S2/c1-8-2-4-9(5-3-8)17(14,15)7-16(12,13)6-11-10/h2-6H,7H2,1H3. The van der Waals surface area contributed by atoms with E-state index in [4.69, 9.17) is 5.53 Å². The van der Waals surface area contributed by atoms with Crippen LogP contribution in [0.25, 0.3) is 5.53 Å². The van der Waals surface area contributed by atoms with E-state index in [0.29, 0.717) is 0 Å². The van der Waals surface area contributed by atoms with Gasteiger partial charge in [0.05, 0.1) is 4.90 Å². The van der Waals surface area contributed by atoms with Crippen molar-refractivity contribution in [3.05, 3.63) is 35.4 Å². The molecule has 17 heavy (non-hydrogen) atoms. The van der Waals surface area contributed by atoms with E-state index in [1.807, 2.05) is 0 Å². The van der Waals surface area contributed by atoms with Crippen molar-refractivity contribution in [3.63, 3.8) is 0 Å². The molecule has 92 valence electrons. The van der Waals surface area contributed by atoms with E-state index in [0.717, 1.165) is 5.56 Å². The van der Waals surface area contributed by atoms with E-state index in [1.165, 1.54) is 12.1 Å². The van der Waals surface area contributed by atoms with Crippen molar-refractivity contribution in [2.75, 3.05) is 5.08 Å². The summed E-state index contributed by atoms with van der Waals surface area (Å²) in [5.74, 6) is 0. The Labute approximate surface area is 99.4 Å². The van der Waals surface area contributed by atoms with Crippen molar-refractivity contribution in [3.8, 4) is 0 Å². The van der Waals surface area contributed by atoms with Crippen LogP contribution in [0, 0.1) is 6.92 Å². The molecular weight excluding hydrogens is 264 g/mol. The number of benzene rings is 1. The average Bonchev–Trinajstić information content (AvgIpc) is 2.16. The average molecular weight is 274 g/mol. The van der Waals surface area contributed by atoms with Gasteiger partial charge in [-0.05, 0) is 19.1 Å². The molecule has 0 spiro atoms. The molecule has 0 saturated heterocycles. The molecule has 1 rings (SSSR count). The van der Waals surface area contributed by atoms with Gasteiger partial charge in [0.2, 0.25) is 0 Å². The Morgan fingerprint density at radius 2 is 1.71 bits per heavy atom. The third kappa shape index (κ3) is 3.77. The molecule has 1 aromatic rings. The van der Waals surface area contributed by atoms with Gasteiger partial charge in [0.15, 0.2) is 14.9 Å². The largest absolute Gasteiger partial charge is 0.371 e. The van der Waals surface area contributed by atoms with Crippen LogP contribution in [0.15, 0.2) is 29.2 Å². The minimum absolute atomic E-state index is 0.0852. The lowest BCUT2D eigenvalue weighted by atomic mass is 10.2.